The summed E-state index contributed by atoms with van der Waals surface area (Å²) < 4.78 is 0. The third-order valence-electron chi connectivity index (χ3n) is 1.51. The van der Waals surface area contributed by atoms with Crippen LogP contribution in [-0.2, 0) is 0 Å². The fourth-order valence-corrected chi connectivity index (χ4v) is 1.53. The van der Waals surface area contributed by atoms with Gasteiger partial charge in [0.05, 0.1) is 0 Å². The van der Waals surface area contributed by atoms with Crippen LogP contribution in [0.5, 0.6) is 0 Å². The number of hydrogen-bond donors (Lipinski definition) is 2. The lowest BCUT2D eigenvalue weighted by Gasteiger charge is -2.12. The van der Waals surface area contributed by atoms with Gasteiger partial charge in [-0.25, -0.2) is 0 Å². The van der Waals surface area contributed by atoms with E-state index in [1.54, 1.807) is 0 Å². The molecule has 3 N–H and O–H groups in total. The molecule has 0 saturated heterocycles. The van der Waals surface area contributed by atoms with Crippen molar-refractivity contribution in [2.75, 3.05) is 12.0 Å². The molecule has 0 aromatic carbocycles. The summed E-state index contributed by atoms with van der Waals surface area (Å²) in [5, 5.41) is 0. The maximum absolute atomic E-state index is 5.34. The van der Waals surface area contributed by atoms with Gasteiger partial charge in [0, 0.05) is 11.8 Å². The molecule has 1 atom stereocenters. The number of rotatable bonds is 6. The van der Waals surface area contributed by atoms with Crippen molar-refractivity contribution in [1.29, 1.82) is 0 Å². The van der Waals surface area contributed by atoms with E-state index < -0.39 is 0 Å². The Labute approximate surface area is 67.9 Å². The van der Waals surface area contributed by atoms with Crippen LogP contribution in [0.4, 0.5) is 0 Å². The van der Waals surface area contributed by atoms with Gasteiger partial charge in [0.2, 0.25) is 0 Å². The van der Waals surface area contributed by atoms with E-state index in [2.05, 4.69) is 18.6 Å². The molecule has 1 unspecified atom stereocenters. The van der Waals surface area contributed by atoms with Gasteiger partial charge >= 0.3 is 0 Å². The molecule has 0 aliphatic carbocycles. The Morgan fingerprint density at radius 3 is 2.70 bits per heavy atom. The highest BCUT2D eigenvalue weighted by atomic mass is 32.2. The first kappa shape index (κ1) is 10.3. The van der Waals surface area contributed by atoms with E-state index >= 15 is 0 Å². The van der Waals surface area contributed by atoms with Gasteiger partial charge in [0.25, 0.3) is 0 Å². The molecule has 0 amide bonds. The van der Waals surface area contributed by atoms with Crippen LogP contribution in [0.3, 0.4) is 0 Å². The highest BCUT2D eigenvalue weighted by Gasteiger charge is 2.02. The monoisotopic (exact) mass is 162 g/mol. The number of hydrazine groups is 1. The molecule has 0 aromatic heterocycles. The molecule has 3 heteroatoms. The molecule has 0 radical (unpaired) electrons. The van der Waals surface area contributed by atoms with Crippen LogP contribution in [0.15, 0.2) is 0 Å². The predicted octanol–water partition coefficient (Wildman–Crippen LogP) is 1.37. The van der Waals surface area contributed by atoms with E-state index in [-0.39, 0.29) is 0 Å². The van der Waals surface area contributed by atoms with Gasteiger partial charge in [-0.15, -0.1) is 0 Å². The van der Waals surface area contributed by atoms with Crippen LogP contribution >= 0.6 is 11.8 Å². The topological polar surface area (TPSA) is 38.0 Å². The van der Waals surface area contributed by atoms with Gasteiger partial charge in [-0.2, -0.15) is 11.8 Å². The van der Waals surface area contributed by atoms with E-state index in [9.17, 15) is 0 Å². The molecule has 0 bridgehead atoms. The lowest BCUT2D eigenvalue weighted by atomic mass is 10.1. The first-order valence-electron chi connectivity index (χ1n) is 3.80. The van der Waals surface area contributed by atoms with Gasteiger partial charge in [-0.1, -0.05) is 19.8 Å². The molecule has 0 saturated carbocycles. The van der Waals surface area contributed by atoms with Crippen molar-refractivity contribution in [3.63, 3.8) is 0 Å². The Morgan fingerprint density at radius 1 is 1.60 bits per heavy atom. The van der Waals surface area contributed by atoms with E-state index in [4.69, 9.17) is 5.84 Å². The molecule has 0 spiro atoms. The van der Waals surface area contributed by atoms with E-state index in [1.165, 1.54) is 19.3 Å². The van der Waals surface area contributed by atoms with Crippen molar-refractivity contribution in [2.24, 2.45) is 5.84 Å². The lowest BCUT2D eigenvalue weighted by Crippen LogP contribution is -2.36. The third kappa shape index (κ3) is 5.09. The summed E-state index contributed by atoms with van der Waals surface area (Å²) in [5.74, 6) is 6.46. The molecule has 0 fully saturated rings. The fourth-order valence-electron chi connectivity index (χ4n) is 0.866. The quantitative estimate of drug-likeness (QED) is 0.457. The molecule has 10 heavy (non-hydrogen) atoms. The van der Waals surface area contributed by atoms with Crippen LogP contribution in [-0.4, -0.2) is 18.1 Å². The van der Waals surface area contributed by atoms with Gasteiger partial charge in [0.1, 0.15) is 0 Å². The molecule has 62 valence electrons. The Balaban J connectivity index is 3.21. The summed E-state index contributed by atoms with van der Waals surface area (Å²) in [6.45, 7) is 2.20. The zero-order valence-corrected chi connectivity index (χ0v) is 7.71. The fraction of sp³-hybridized carbons (Fsp3) is 1.00. The number of nitrogens with one attached hydrogen (secondary N) is 1. The highest BCUT2D eigenvalue weighted by Crippen LogP contribution is 2.04. The Bertz CT molecular complexity index is 68.6. The maximum Gasteiger partial charge on any atom is 0.0301 e. The van der Waals surface area contributed by atoms with E-state index in [0.717, 1.165) is 5.75 Å². The second kappa shape index (κ2) is 7.38. The molecular formula is C7H18N2S. The first-order valence-corrected chi connectivity index (χ1v) is 5.19. The van der Waals surface area contributed by atoms with Crippen molar-refractivity contribution in [2.45, 2.75) is 32.2 Å². The number of hydrogen-bond acceptors (Lipinski definition) is 3. The third-order valence-corrected chi connectivity index (χ3v) is 2.25. The molecule has 0 aliphatic heterocycles. The van der Waals surface area contributed by atoms with Crippen molar-refractivity contribution in [1.82, 2.24) is 5.43 Å². The number of nitrogens with two attached hydrogens (primary N) is 1. The predicted molar refractivity (Wildman–Crippen MR) is 49.0 cm³/mol. The van der Waals surface area contributed by atoms with Gasteiger partial charge < -0.3 is 0 Å². The van der Waals surface area contributed by atoms with Crippen LogP contribution < -0.4 is 11.3 Å². The average molecular weight is 162 g/mol. The van der Waals surface area contributed by atoms with Gasteiger partial charge in [-0.05, 0) is 12.7 Å². The minimum absolute atomic E-state index is 0.509. The first-order chi connectivity index (χ1) is 4.85. The van der Waals surface area contributed by atoms with Crippen LogP contribution in [0.1, 0.15) is 26.2 Å². The second-order valence-electron chi connectivity index (χ2n) is 2.46. The van der Waals surface area contributed by atoms with Crippen LogP contribution in [0.25, 0.3) is 0 Å². The van der Waals surface area contributed by atoms with Crippen LogP contribution in [0.2, 0.25) is 0 Å². The Hall–Kier alpha value is 0.270. The minimum Gasteiger partial charge on any atom is -0.271 e. The SMILES string of the molecule is CCCCC(CSC)NN. The molecule has 2 nitrogen and oxygen atoms in total. The zero-order valence-electron chi connectivity index (χ0n) is 6.89. The smallest absolute Gasteiger partial charge is 0.0301 e. The zero-order chi connectivity index (χ0) is 7.82. The van der Waals surface area contributed by atoms with Crippen molar-refractivity contribution < 1.29 is 0 Å². The Kier molecular flexibility index (Phi) is 7.58. The standard InChI is InChI=1S/C7H18N2S/c1-3-4-5-7(9-8)6-10-2/h7,9H,3-6,8H2,1-2H3. The molecule has 0 aliphatic rings. The summed E-state index contributed by atoms with van der Waals surface area (Å²) >= 11 is 1.84. The summed E-state index contributed by atoms with van der Waals surface area (Å²) in [6, 6.07) is 0.509. The van der Waals surface area contributed by atoms with E-state index in [1.807, 2.05) is 11.8 Å². The van der Waals surface area contributed by atoms with Gasteiger partial charge in [0.15, 0.2) is 0 Å². The summed E-state index contributed by atoms with van der Waals surface area (Å²) in [7, 11) is 0. The van der Waals surface area contributed by atoms with Crippen LogP contribution in [0, 0.1) is 0 Å². The van der Waals surface area contributed by atoms with E-state index in [0.29, 0.717) is 6.04 Å². The number of thioether (sulfide) groups is 1. The van der Waals surface area contributed by atoms with Crippen molar-refractivity contribution in [3.8, 4) is 0 Å². The molecule has 0 rings (SSSR count). The maximum atomic E-state index is 5.34. The summed E-state index contributed by atoms with van der Waals surface area (Å²) in [6.07, 6.45) is 5.84. The normalized spacial score (nSPS) is 13.5. The number of unbranched alkanes of at least 4 members (excludes halogenated alkanes) is 1. The molecule has 0 heterocycles. The summed E-state index contributed by atoms with van der Waals surface area (Å²) in [5.41, 5.74) is 2.82. The highest BCUT2D eigenvalue weighted by molar-refractivity contribution is 7.98. The largest absolute Gasteiger partial charge is 0.271 e. The lowest BCUT2D eigenvalue weighted by molar-refractivity contribution is 0.516. The van der Waals surface area contributed by atoms with Crippen molar-refractivity contribution in [3.05, 3.63) is 0 Å². The average Bonchev–Trinajstić information content (AvgIpc) is 1.98. The molecule has 0 aromatic rings. The molecular weight excluding hydrogens is 144 g/mol. The van der Waals surface area contributed by atoms with Gasteiger partial charge in [-0.3, -0.25) is 11.3 Å². The van der Waals surface area contributed by atoms with Crippen molar-refractivity contribution >= 4 is 11.8 Å². The Morgan fingerprint density at radius 2 is 2.30 bits per heavy atom. The second-order valence-corrected chi connectivity index (χ2v) is 3.37. The minimum atomic E-state index is 0.509. The summed E-state index contributed by atoms with van der Waals surface area (Å²) in [4.78, 5) is 0.